The van der Waals surface area contributed by atoms with E-state index in [4.69, 9.17) is 11.6 Å². The summed E-state index contributed by atoms with van der Waals surface area (Å²) in [7, 11) is 0. The molecule has 3 nitrogen and oxygen atoms in total. The number of hydrogen-bond acceptors (Lipinski definition) is 3. The van der Waals surface area contributed by atoms with Crippen molar-refractivity contribution in [2.75, 3.05) is 26.2 Å². The summed E-state index contributed by atoms with van der Waals surface area (Å²) >= 11 is 7.12. The fraction of sp³-hybridized carbons (Fsp3) is 0.444. The van der Waals surface area contributed by atoms with Gasteiger partial charge in [0.1, 0.15) is 0 Å². The number of piperazine rings is 1. The molecule has 0 saturated carbocycles. The molecule has 1 aromatic heterocycles. The summed E-state index contributed by atoms with van der Waals surface area (Å²) in [6.45, 7) is 3.33. The van der Waals surface area contributed by atoms with Crippen LogP contribution in [-0.2, 0) is 0 Å². The Bertz CT molecular complexity index is 333. The first-order valence-corrected chi connectivity index (χ1v) is 5.72. The highest BCUT2D eigenvalue weighted by Gasteiger charge is 2.18. The Hall–Kier alpha value is -0.580. The second-order valence-corrected chi connectivity index (χ2v) is 4.86. The zero-order chi connectivity index (χ0) is 9.97. The first kappa shape index (κ1) is 9.96. The van der Waals surface area contributed by atoms with E-state index < -0.39 is 0 Å². The molecule has 2 rings (SSSR count). The molecule has 14 heavy (non-hydrogen) atoms. The SMILES string of the molecule is O=C(c1ccc(Cl)s1)N1CCNCC1. The van der Waals surface area contributed by atoms with E-state index in [9.17, 15) is 4.79 Å². The zero-order valence-electron chi connectivity index (χ0n) is 7.62. The lowest BCUT2D eigenvalue weighted by atomic mass is 10.3. The van der Waals surface area contributed by atoms with Crippen LogP contribution in [0.4, 0.5) is 0 Å². The summed E-state index contributed by atoms with van der Waals surface area (Å²) in [5.74, 6) is 0.100. The molecular weight excluding hydrogens is 220 g/mol. The van der Waals surface area contributed by atoms with Crippen LogP contribution in [0.1, 0.15) is 9.67 Å². The molecule has 0 atom stereocenters. The molecule has 1 aliphatic rings. The number of halogens is 1. The third kappa shape index (κ3) is 2.08. The third-order valence-electron chi connectivity index (χ3n) is 2.19. The lowest BCUT2D eigenvalue weighted by molar-refractivity contribution is 0.0740. The Kier molecular flexibility index (Phi) is 3.05. The van der Waals surface area contributed by atoms with Crippen molar-refractivity contribution in [2.24, 2.45) is 0 Å². The fourth-order valence-corrected chi connectivity index (χ4v) is 2.46. The van der Waals surface area contributed by atoms with Crippen LogP contribution in [0, 0.1) is 0 Å². The van der Waals surface area contributed by atoms with Gasteiger partial charge in [-0.05, 0) is 12.1 Å². The van der Waals surface area contributed by atoms with Gasteiger partial charge in [0, 0.05) is 26.2 Å². The molecule has 1 amide bonds. The molecule has 0 bridgehead atoms. The fourth-order valence-electron chi connectivity index (χ4n) is 1.45. The summed E-state index contributed by atoms with van der Waals surface area (Å²) in [4.78, 5) is 14.5. The molecule has 1 aliphatic heterocycles. The number of hydrogen-bond donors (Lipinski definition) is 1. The molecule has 0 aliphatic carbocycles. The highest BCUT2D eigenvalue weighted by molar-refractivity contribution is 7.17. The zero-order valence-corrected chi connectivity index (χ0v) is 9.20. The maximum absolute atomic E-state index is 11.9. The van der Waals surface area contributed by atoms with Gasteiger partial charge in [0.2, 0.25) is 0 Å². The van der Waals surface area contributed by atoms with Gasteiger partial charge in [-0.1, -0.05) is 11.6 Å². The number of carbonyl (C=O) groups excluding carboxylic acids is 1. The van der Waals surface area contributed by atoms with Crippen molar-refractivity contribution in [2.45, 2.75) is 0 Å². The maximum atomic E-state index is 11.9. The molecule has 1 fully saturated rings. The number of rotatable bonds is 1. The summed E-state index contributed by atoms with van der Waals surface area (Å²) in [6, 6.07) is 3.55. The standard InChI is InChI=1S/C9H11ClN2OS/c10-8-2-1-7(14-8)9(13)12-5-3-11-4-6-12/h1-2,11H,3-6H2. The average molecular weight is 231 g/mol. The van der Waals surface area contributed by atoms with E-state index in [0.29, 0.717) is 4.34 Å². The molecular formula is C9H11ClN2OS. The molecule has 1 saturated heterocycles. The molecule has 1 aromatic rings. The van der Waals surface area contributed by atoms with E-state index in [1.165, 1.54) is 11.3 Å². The van der Waals surface area contributed by atoms with E-state index in [1.54, 1.807) is 12.1 Å². The highest BCUT2D eigenvalue weighted by Crippen LogP contribution is 2.22. The van der Waals surface area contributed by atoms with Crippen molar-refractivity contribution in [1.29, 1.82) is 0 Å². The number of carbonyl (C=O) groups is 1. The second kappa shape index (κ2) is 4.29. The van der Waals surface area contributed by atoms with Crippen molar-refractivity contribution in [3.8, 4) is 0 Å². The first-order valence-electron chi connectivity index (χ1n) is 4.53. The van der Waals surface area contributed by atoms with E-state index in [0.717, 1.165) is 31.1 Å². The Morgan fingerprint density at radius 2 is 2.14 bits per heavy atom. The molecule has 0 aromatic carbocycles. The monoisotopic (exact) mass is 230 g/mol. The molecule has 1 N–H and O–H groups in total. The minimum Gasteiger partial charge on any atom is -0.335 e. The smallest absolute Gasteiger partial charge is 0.264 e. The molecule has 0 unspecified atom stereocenters. The lowest BCUT2D eigenvalue weighted by Crippen LogP contribution is -2.46. The van der Waals surface area contributed by atoms with E-state index in [2.05, 4.69) is 5.32 Å². The van der Waals surface area contributed by atoms with E-state index in [-0.39, 0.29) is 5.91 Å². The van der Waals surface area contributed by atoms with Crippen LogP contribution in [0.3, 0.4) is 0 Å². The summed E-state index contributed by atoms with van der Waals surface area (Å²) in [6.07, 6.45) is 0. The predicted molar refractivity (Wildman–Crippen MR) is 58.1 cm³/mol. The van der Waals surface area contributed by atoms with Gasteiger partial charge >= 0.3 is 0 Å². The van der Waals surface area contributed by atoms with Crippen LogP contribution in [-0.4, -0.2) is 37.0 Å². The van der Waals surface area contributed by atoms with Gasteiger partial charge in [-0.15, -0.1) is 11.3 Å². The number of nitrogens with one attached hydrogen (secondary N) is 1. The average Bonchev–Trinajstić information content (AvgIpc) is 2.65. The maximum Gasteiger partial charge on any atom is 0.264 e. The molecule has 0 spiro atoms. The third-order valence-corrected chi connectivity index (χ3v) is 3.41. The van der Waals surface area contributed by atoms with Crippen LogP contribution in [0.15, 0.2) is 12.1 Å². The quantitative estimate of drug-likeness (QED) is 0.792. The minimum atomic E-state index is 0.100. The largest absolute Gasteiger partial charge is 0.335 e. The van der Waals surface area contributed by atoms with Crippen LogP contribution < -0.4 is 5.32 Å². The van der Waals surface area contributed by atoms with Crippen molar-refractivity contribution >= 4 is 28.8 Å². The Morgan fingerprint density at radius 3 is 2.71 bits per heavy atom. The van der Waals surface area contributed by atoms with E-state index in [1.807, 2.05) is 4.90 Å². The molecule has 0 radical (unpaired) electrons. The summed E-state index contributed by atoms with van der Waals surface area (Å²) in [5.41, 5.74) is 0. The minimum absolute atomic E-state index is 0.100. The second-order valence-electron chi connectivity index (χ2n) is 3.15. The van der Waals surface area contributed by atoms with Crippen molar-refractivity contribution in [3.05, 3.63) is 21.3 Å². The van der Waals surface area contributed by atoms with Crippen molar-refractivity contribution < 1.29 is 4.79 Å². The van der Waals surface area contributed by atoms with Crippen molar-refractivity contribution in [1.82, 2.24) is 10.2 Å². The van der Waals surface area contributed by atoms with Gasteiger partial charge in [0.25, 0.3) is 5.91 Å². The number of amides is 1. The van der Waals surface area contributed by atoms with Gasteiger partial charge in [-0.25, -0.2) is 0 Å². The van der Waals surface area contributed by atoms with Crippen LogP contribution in [0.5, 0.6) is 0 Å². The highest BCUT2D eigenvalue weighted by atomic mass is 35.5. The van der Waals surface area contributed by atoms with Gasteiger partial charge in [0.15, 0.2) is 0 Å². The molecule has 76 valence electrons. The summed E-state index contributed by atoms with van der Waals surface area (Å²) in [5, 5.41) is 3.21. The van der Waals surface area contributed by atoms with Crippen LogP contribution in [0.25, 0.3) is 0 Å². The predicted octanol–water partition coefficient (Wildman–Crippen LogP) is 1.45. The molecule has 2 heterocycles. The number of thiophene rings is 1. The van der Waals surface area contributed by atoms with Gasteiger partial charge in [0.05, 0.1) is 9.21 Å². The lowest BCUT2D eigenvalue weighted by Gasteiger charge is -2.26. The van der Waals surface area contributed by atoms with Crippen LogP contribution >= 0.6 is 22.9 Å². The Labute approximate surface area is 91.7 Å². The first-order chi connectivity index (χ1) is 6.77. The molecule has 5 heteroatoms. The Balaban J connectivity index is 2.07. The van der Waals surface area contributed by atoms with Gasteiger partial charge in [-0.2, -0.15) is 0 Å². The normalized spacial score (nSPS) is 17.1. The topological polar surface area (TPSA) is 32.3 Å². The van der Waals surface area contributed by atoms with E-state index >= 15 is 0 Å². The van der Waals surface area contributed by atoms with Crippen molar-refractivity contribution in [3.63, 3.8) is 0 Å². The van der Waals surface area contributed by atoms with Crippen LogP contribution in [0.2, 0.25) is 4.34 Å². The van der Waals surface area contributed by atoms with Gasteiger partial charge < -0.3 is 10.2 Å². The number of nitrogens with zero attached hydrogens (tertiary/aromatic N) is 1. The van der Waals surface area contributed by atoms with Gasteiger partial charge in [-0.3, -0.25) is 4.79 Å². The summed E-state index contributed by atoms with van der Waals surface area (Å²) < 4.78 is 0.670. The Morgan fingerprint density at radius 1 is 1.43 bits per heavy atom.